The van der Waals surface area contributed by atoms with Crippen LogP contribution in [0.3, 0.4) is 0 Å². The Hall–Kier alpha value is -5.56. The Balaban J connectivity index is 1.14. The molecule has 0 N–H and O–H groups in total. The first-order valence-electron chi connectivity index (χ1n) is 18.2. The van der Waals surface area contributed by atoms with Crippen LogP contribution in [0.4, 0.5) is 5.69 Å². The summed E-state index contributed by atoms with van der Waals surface area (Å²) in [6.07, 6.45) is 5.65. The molecule has 1 aromatic heterocycles. The fourth-order valence-corrected chi connectivity index (χ4v) is 8.89. The predicted octanol–water partition coefficient (Wildman–Crippen LogP) is 11.9. The molecule has 6 heteroatoms. The molecule has 0 bridgehead atoms. The van der Waals surface area contributed by atoms with Gasteiger partial charge in [0.25, 0.3) is 5.01 Å². The van der Waals surface area contributed by atoms with E-state index in [9.17, 15) is 0 Å². The van der Waals surface area contributed by atoms with Crippen molar-refractivity contribution in [3.05, 3.63) is 179 Å². The third kappa shape index (κ3) is 8.10. The lowest BCUT2D eigenvalue weighted by atomic mass is 10.0. The van der Waals surface area contributed by atoms with Crippen LogP contribution in [0.1, 0.15) is 18.4 Å². The lowest BCUT2D eigenvalue weighted by Gasteiger charge is -2.21. The number of hydrogen-bond acceptors (Lipinski definition) is 5. The number of anilines is 1. The van der Waals surface area contributed by atoms with E-state index in [1.165, 1.54) is 58.7 Å². The van der Waals surface area contributed by atoms with Gasteiger partial charge in [-0.25, -0.2) is 0 Å². The number of nitrogens with zero attached hydrogens (tertiary/aromatic N) is 2. The van der Waals surface area contributed by atoms with Gasteiger partial charge in [-0.1, -0.05) is 139 Å². The molecule has 1 aliphatic rings. The van der Waals surface area contributed by atoms with Gasteiger partial charge in [0.1, 0.15) is 29.4 Å². The van der Waals surface area contributed by atoms with Crippen LogP contribution in [0.2, 0.25) is 0 Å². The van der Waals surface area contributed by atoms with Crippen molar-refractivity contribution < 1.29 is 14.0 Å². The molecule has 262 valence electrons. The monoisotopic (exact) mass is 729 g/mol. The molecule has 53 heavy (non-hydrogen) atoms. The number of rotatable bonds is 13. The maximum Gasteiger partial charge on any atom is 0.263 e. The molecule has 0 aliphatic carbocycles. The Morgan fingerprint density at radius 1 is 0.642 bits per heavy atom. The van der Waals surface area contributed by atoms with E-state index in [0.29, 0.717) is 13.2 Å². The predicted molar refractivity (Wildman–Crippen MR) is 223 cm³/mol. The lowest BCUT2D eigenvalue weighted by Crippen LogP contribution is -2.38. The highest BCUT2D eigenvalue weighted by Gasteiger charge is 2.27. The standard InChI is InChI=1S/C47H41N2O2S2/c1-2-35(31-46-48(27-29-50-40-19-11-5-12-20-40)42-33-38(23-25-44(42)52-46)36-15-7-3-8-16-36)32-47-49(28-30-51-41-21-13-6-14-22-41)43-34-39(24-26-45(43)53-47)37-17-9-4-10-18-37/h3-26,31-34H,2,27-30H2,1H3/q+1. The Kier molecular flexibility index (Phi) is 10.7. The third-order valence-electron chi connectivity index (χ3n) is 9.35. The summed E-state index contributed by atoms with van der Waals surface area (Å²) in [5, 5.41) is 2.42. The largest absolute Gasteiger partial charge is 0.492 e. The molecule has 4 nitrogen and oxygen atoms in total. The smallest absolute Gasteiger partial charge is 0.263 e. The number of aromatic nitrogens is 1. The highest BCUT2D eigenvalue weighted by atomic mass is 32.2. The van der Waals surface area contributed by atoms with Crippen LogP contribution < -0.4 is 18.9 Å². The molecule has 0 saturated heterocycles. The number of benzene rings is 6. The Morgan fingerprint density at radius 2 is 1.23 bits per heavy atom. The topological polar surface area (TPSA) is 25.6 Å². The van der Waals surface area contributed by atoms with Gasteiger partial charge in [-0.05, 0) is 82.8 Å². The number of fused-ring (bicyclic) bond motifs is 2. The molecule has 0 fully saturated rings. The average Bonchev–Trinajstić information content (AvgIpc) is 3.74. The van der Waals surface area contributed by atoms with Gasteiger partial charge in [-0.2, -0.15) is 4.57 Å². The maximum atomic E-state index is 6.23. The second-order valence-electron chi connectivity index (χ2n) is 12.8. The fraction of sp³-hybridized carbons (Fsp3) is 0.128. The molecule has 0 unspecified atom stereocenters. The second-order valence-corrected chi connectivity index (χ2v) is 14.9. The van der Waals surface area contributed by atoms with Gasteiger partial charge in [0.2, 0.25) is 5.52 Å². The van der Waals surface area contributed by atoms with Gasteiger partial charge >= 0.3 is 0 Å². The van der Waals surface area contributed by atoms with Gasteiger partial charge in [0.05, 0.1) is 17.3 Å². The van der Waals surface area contributed by atoms with E-state index in [4.69, 9.17) is 9.47 Å². The normalized spacial score (nSPS) is 13.4. The van der Waals surface area contributed by atoms with Crippen LogP contribution in [-0.2, 0) is 6.54 Å². The molecular formula is C47H41N2O2S2+. The number of ether oxygens (including phenoxy) is 2. The van der Waals surface area contributed by atoms with E-state index in [-0.39, 0.29) is 0 Å². The van der Waals surface area contributed by atoms with Crippen LogP contribution in [0.5, 0.6) is 11.5 Å². The van der Waals surface area contributed by atoms with E-state index in [0.717, 1.165) is 31.0 Å². The molecule has 8 rings (SSSR count). The van der Waals surface area contributed by atoms with E-state index in [1.807, 2.05) is 83.8 Å². The van der Waals surface area contributed by atoms with E-state index in [2.05, 4.69) is 126 Å². The quantitative estimate of drug-likeness (QED) is 0.110. The summed E-state index contributed by atoms with van der Waals surface area (Å²) in [4.78, 5) is 3.69. The summed E-state index contributed by atoms with van der Waals surface area (Å²) in [5.74, 6) is 1.77. The molecule has 0 radical (unpaired) electrons. The van der Waals surface area contributed by atoms with Gasteiger partial charge in [0.15, 0.2) is 6.54 Å². The molecule has 1 aliphatic heterocycles. The lowest BCUT2D eigenvalue weighted by molar-refractivity contribution is -0.669. The minimum absolute atomic E-state index is 0.573. The van der Waals surface area contributed by atoms with Crippen molar-refractivity contribution >= 4 is 45.1 Å². The van der Waals surface area contributed by atoms with E-state index in [1.54, 1.807) is 0 Å². The van der Waals surface area contributed by atoms with E-state index >= 15 is 0 Å². The molecule has 0 spiro atoms. The number of allylic oxidation sites excluding steroid dienone is 2. The van der Waals surface area contributed by atoms with E-state index < -0.39 is 0 Å². The zero-order valence-corrected chi connectivity index (χ0v) is 31.4. The van der Waals surface area contributed by atoms with Crippen LogP contribution in [-0.4, -0.2) is 19.8 Å². The van der Waals surface area contributed by atoms with Gasteiger partial charge in [-0.15, -0.1) is 0 Å². The molecule has 0 amide bonds. The van der Waals surface area contributed by atoms with Crippen LogP contribution in [0.25, 0.3) is 38.5 Å². The van der Waals surface area contributed by atoms with Crippen molar-refractivity contribution in [2.45, 2.75) is 24.8 Å². The minimum atomic E-state index is 0.573. The molecule has 7 aromatic rings. The van der Waals surface area contributed by atoms with Crippen LogP contribution >= 0.6 is 23.1 Å². The van der Waals surface area contributed by atoms with Gasteiger partial charge in [-0.3, -0.25) is 0 Å². The summed E-state index contributed by atoms with van der Waals surface area (Å²) < 4.78 is 16.1. The highest BCUT2D eigenvalue weighted by Crippen LogP contribution is 2.48. The molecule has 2 heterocycles. The molecule has 0 saturated carbocycles. The summed E-state index contributed by atoms with van der Waals surface area (Å²) in [7, 11) is 0. The SMILES string of the molecule is CCC(=Cc1sc2ccc(-c3ccccc3)cc2[n+]1CCOc1ccccc1)C=C1Sc2ccc(-c3ccccc3)cc2N1CCOc1ccccc1. The number of thioether (sulfide) groups is 1. The van der Waals surface area contributed by atoms with Gasteiger partial charge in [0, 0.05) is 17.0 Å². The fourth-order valence-electron chi connectivity index (χ4n) is 6.60. The number of hydrogen-bond donors (Lipinski definition) is 0. The summed E-state index contributed by atoms with van der Waals surface area (Å²) in [6.45, 7) is 4.86. The van der Waals surface area contributed by atoms with Crippen LogP contribution in [0.15, 0.2) is 179 Å². The Morgan fingerprint density at radius 3 is 1.87 bits per heavy atom. The summed E-state index contributed by atoms with van der Waals surface area (Å²) >= 11 is 3.67. The first kappa shape index (κ1) is 34.5. The Labute approximate surface area is 320 Å². The van der Waals surface area contributed by atoms with Crippen molar-refractivity contribution in [3.8, 4) is 33.8 Å². The maximum absolute atomic E-state index is 6.23. The minimum Gasteiger partial charge on any atom is -0.492 e. The number of thiazole rings is 1. The summed E-state index contributed by atoms with van der Waals surface area (Å²) in [6, 6.07) is 55.1. The first-order chi connectivity index (χ1) is 26.2. The van der Waals surface area contributed by atoms with Gasteiger partial charge < -0.3 is 14.4 Å². The zero-order chi connectivity index (χ0) is 35.8. The van der Waals surface area contributed by atoms with Crippen molar-refractivity contribution in [3.63, 3.8) is 0 Å². The van der Waals surface area contributed by atoms with Crippen LogP contribution in [0, 0.1) is 0 Å². The molecule has 6 aromatic carbocycles. The average molecular weight is 730 g/mol. The molecular weight excluding hydrogens is 689 g/mol. The second kappa shape index (κ2) is 16.4. The first-order valence-corrected chi connectivity index (χ1v) is 19.8. The number of para-hydroxylation sites is 2. The van der Waals surface area contributed by atoms with Crippen molar-refractivity contribution in [2.75, 3.05) is 24.7 Å². The third-order valence-corrected chi connectivity index (χ3v) is 11.6. The van der Waals surface area contributed by atoms with Crippen molar-refractivity contribution in [1.29, 1.82) is 0 Å². The Bertz CT molecular complexity index is 2360. The molecule has 0 atom stereocenters. The van der Waals surface area contributed by atoms with Crippen molar-refractivity contribution in [2.24, 2.45) is 0 Å². The summed E-state index contributed by atoms with van der Waals surface area (Å²) in [5.41, 5.74) is 8.57. The highest BCUT2D eigenvalue weighted by molar-refractivity contribution is 8.03. The zero-order valence-electron chi connectivity index (χ0n) is 29.7. The van der Waals surface area contributed by atoms with Crippen molar-refractivity contribution in [1.82, 2.24) is 0 Å².